The predicted molar refractivity (Wildman–Crippen MR) is 99.9 cm³/mol. The summed E-state index contributed by atoms with van der Waals surface area (Å²) in [5, 5.41) is 14.6. The summed E-state index contributed by atoms with van der Waals surface area (Å²) in [7, 11) is 0. The zero-order valence-corrected chi connectivity index (χ0v) is 15.8. The molecule has 2 atom stereocenters. The zero-order valence-electron chi connectivity index (χ0n) is 14.1. The van der Waals surface area contributed by atoms with Crippen molar-refractivity contribution in [2.75, 3.05) is 12.3 Å². The molecule has 147 valence electrons. The molecule has 1 radical (unpaired) electrons. The molecule has 27 heavy (non-hydrogen) atoms. The van der Waals surface area contributed by atoms with Crippen molar-refractivity contribution in [1.29, 1.82) is 0 Å². The fraction of sp³-hybridized carbons (Fsp3) is 0.400. The number of nitrogens with two attached hydrogens (primary N) is 1. The number of esters is 1. The minimum atomic E-state index is -1.23. The molecule has 12 heteroatoms. The number of carboxylic acids is 1. The van der Waals surface area contributed by atoms with Gasteiger partial charge in [0.25, 0.3) is 5.91 Å². The van der Waals surface area contributed by atoms with Gasteiger partial charge in [0.2, 0.25) is 5.91 Å². The minimum Gasteiger partial charge on any atom is -0.480 e. The molecule has 5 N–H and O–H groups in total. The van der Waals surface area contributed by atoms with Gasteiger partial charge < -0.3 is 25.9 Å². The van der Waals surface area contributed by atoms with E-state index in [0.717, 1.165) is 0 Å². The van der Waals surface area contributed by atoms with Gasteiger partial charge in [-0.3, -0.25) is 14.4 Å². The van der Waals surface area contributed by atoms with E-state index in [2.05, 4.69) is 28.2 Å². The number of thiol groups is 1. The average Bonchev–Trinajstić information content (AvgIpc) is 2.63. The van der Waals surface area contributed by atoms with Gasteiger partial charge in [-0.05, 0) is 18.6 Å². The first-order valence-electron chi connectivity index (χ1n) is 7.73. The van der Waals surface area contributed by atoms with Crippen LogP contribution in [0.15, 0.2) is 18.3 Å². The third kappa shape index (κ3) is 8.19. The van der Waals surface area contributed by atoms with E-state index < -0.39 is 42.4 Å². The topological polar surface area (TPSA) is 166 Å². The normalized spacial score (nSPS) is 12.5. The van der Waals surface area contributed by atoms with E-state index >= 15 is 0 Å². The van der Waals surface area contributed by atoms with Gasteiger partial charge in [-0.15, -0.1) is 0 Å². The molecule has 0 aliphatic heterocycles. The second-order valence-corrected chi connectivity index (χ2v) is 6.05. The summed E-state index contributed by atoms with van der Waals surface area (Å²) < 4.78 is 5.20. The second-order valence-electron chi connectivity index (χ2n) is 5.28. The van der Waals surface area contributed by atoms with Crippen molar-refractivity contribution >= 4 is 48.6 Å². The lowest BCUT2D eigenvalue weighted by Gasteiger charge is -2.15. The number of carboxylic acid groups (broad SMARTS) is 1. The molecule has 1 heterocycles. The van der Waals surface area contributed by atoms with E-state index in [1.165, 1.54) is 6.07 Å². The second kappa shape index (κ2) is 11.3. The highest BCUT2D eigenvalue weighted by molar-refractivity contribution is 7.80. The predicted octanol–water partition coefficient (Wildman–Crippen LogP) is -0.613. The standard InChI is InChI=1S/C15H19N4O6S2/c16-8(15(23)24)3-4-11(20)19-9(7-26)13(22)18-6-12(21)25-10-2-1-5-17-14(10)27/h1-2,5,8-9,26H,3-4,6-7,16H2,(H,17,27)(H,19,20)(H,23,24). The lowest BCUT2D eigenvalue weighted by Crippen LogP contribution is -2.47. The van der Waals surface area contributed by atoms with Crippen LogP contribution in [0.25, 0.3) is 0 Å². The highest BCUT2D eigenvalue weighted by Gasteiger charge is 2.22. The van der Waals surface area contributed by atoms with Gasteiger partial charge in [-0.1, -0.05) is 12.2 Å². The van der Waals surface area contributed by atoms with Gasteiger partial charge in [0.05, 0.1) is 0 Å². The lowest BCUT2D eigenvalue weighted by atomic mass is 10.1. The van der Waals surface area contributed by atoms with Crippen molar-refractivity contribution in [2.45, 2.75) is 24.9 Å². The molecule has 0 aromatic carbocycles. The zero-order chi connectivity index (χ0) is 20.4. The number of aliphatic carboxylic acids is 1. The SMILES string of the molecule is NC(CCC(=O)NC(CS)C(=O)[N]CC(=O)Oc1ccc[nH]c1=S)C(=O)O. The number of H-pyrrole nitrogens is 1. The Bertz CT molecular complexity index is 754. The quantitative estimate of drug-likeness (QED) is 0.192. The molecule has 0 aliphatic rings. The smallest absolute Gasteiger partial charge is 0.333 e. The number of nitrogens with zero attached hydrogens (tertiary/aromatic N) is 1. The minimum absolute atomic E-state index is 0.0575. The van der Waals surface area contributed by atoms with Crippen LogP contribution in [0.4, 0.5) is 0 Å². The van der Waals surface area contributed by atoms with Gasteiger partial charge >= 0.3 is 11.9 Å². The van der Waals surface area contributed by atoms with Crippen molar-refractivity contribution in [2.24, 2.45) is 5.73 Å². The number of pyridine rings is 1. The molecule has 1 aromatic heterocycles. The maximum atomic E-state index is 12.0. The molecule has 0 saturated carbocycles. The number of amides is 2. The van der Waals surface area contributed by atoms with Crippen LogP contribution in [-0.4, -0.2) is 58.2 Å². The fourth-order valence-electron chi connectivity index (χ4n) is 1.76. The van der Waals surface area contributed by atoms with E-state index in [9.17, 15) is 19.2 Å². The monoisotopic (exact) mass is 415 g/mol. The van der Waals surface area contributed by atoms with Gasteiger partial charge in [0.15, 0.2) is 5.75 Å². The first kappa shape index (κ1) is 22.6. The summed E-state index contributed by atoms with van der Waals surface area (Å²) in [4.78, 5) is 48.8. The van der Waals surface area contributed by atoms with Crippen LogP contribution in [0.2, 0.25) is 0 Å². The first-order chi connectivity index (χ1) is 12.7. The third-order valence-electron chi connectivity index (χ3n) is 3.19. The molecule has 0 fully saturated rings. The number of rotatable bonds is 10. The highest BCUT2D eigenvalue weighted by atomic mass is 32.1. The van der Waals surface area contributed by atoms with Crippen LogP contribution in [-0.2, 0) is 19.2 Å². The number of carbonyl (C=O) groups is 4. The largest absolute Gasteiger partial charge is 0.480 e. The van der Waals surface area contributed by atoms with E-state index in [0.29, 0.717) is 0 Å². The molecule has 0 saturated heterocycles. The Labute approximate surface area is 165 Å². The summed E-state index contributed by atoms with van der Waals surface area (Å²) in [6, 6.07) is 0.833. The summed E-state index contributed by atoms with van der Waals surface area (Å²) >= 11 is 8.90. The Kier molecular flexibility index (Phi) is 9.47. The Balaban J connectivity index is 2.45. The molecule has 0 bridgehead atoms. The van der Waals surface area contributed by atoms with Gasteiger partial charge in [0.1, 0.15) is 23.3 Å². The summed E-state index contributed by atoms with van der Waals surface area (Å²) in [6.07, 6.45) is 1.30. The number of hydrogen-bond acceptors (Lipinski definition) is 8. The Hall–Kier alpha value is -2.44. The molecule has 0 aliphatic carbocycles. The summed E-state index contributed by atoms with van der Waals surface area (Å²) in [5.74, 6) is -3.29. The lowest BCUT2D eigenvalue weighted by molar-refractivity contribution is -0.139. The summed E-state index contributed by atoms with van der Waals surface area (Å²) in [6.45, 7) is -0.563. The molecule has 10 nitrogen and oxygen atoms in total. The van der Waals surface area contributed by atoms with Crippen molar-refractivity contribution in [3.05, 3.63) is 23.0 Å². The molecule has 2 amide bonds. The third-order valence-corrected chi connectivity index (χ3v) is 3.87. The van der Waals surface area contributed by atoms with Gasteiger partial charge in [0, 0.05) is 18.4 Å². The molecule has 2 unspecified atom stereocenters. The van der Waals surface area contributed by atoms with Crippen molar-refractivity contribution in [1.82, 2.24) is 15.6 Å². The maximum Gasteiger partial charge on any atom is 0.333 e. The first-order valence-corrected chi connectivity index (χ1v) is 8.77. The number of ether oxygens (including phenoxy) is 1. The van der Waals surface area contributed by atoms with Crippen LogP contribution < -0.4 is 21.1 Å². The van der Waals surface area contributed by atoms with Crippen LogP contribution in [0.5, 0.6) is 5.75 Å². The van der Waals surface area contributed by atoms with Gasteiger partial charge in [-0.2, -0.15) is 12.6 Å². The van der Waals surface area contributed by atoms with Gasteiger partial charge in [-0.25, -0.2) is 10.1 Å². The Morgan fingerprint density at radius 1 is 1.41 bits per heavy atom. The number of nitrogens with one attached hydrogen (secondary N) is 2. The summed E-state index contributed by atoms with van der Waals surface area (Å²) in [5.41, 5.74) is 5.30. The maximum absolute atomic E-state index is 12.0. The molecular weight excluding hydrogens is 396 g/mol. The molecule has 1 aromatic rings. The van der Waals surface area contributed by atoms with E-state index in [-0.39, 0.29) is 29.0 Å². The Morgan fingerprint density at radius 2 is 2.11 bits per heavy atom. The number of carbonyl (C=O) groups excluding carboxylic acids is 3. The average molecular weight is 415 g/mol. The number of aromatic nitrogens is 1. The van der Waals surface area contributed by atoms with Crippen molar-refractivity contribution in [3.63, 3.8) is 0 Å². The van der Waals surface area contributed by atoms with Crippen LogP contribution in [0, 0.1) is 4.64 Å². The van der Waals surface area contributed by atoms with Crippen LogP contribution in [0.3, 0.4) is 0 Å². The molecule has 0 spiro atoms. The number of aromatic amines is 1. The molecule has 1 rings (SSSR count). The molecular formula is C15H19N4O6S2. The Morgan fingerprint density at radius 3 is 2.70 bits per heavy atom. The highest BCUT2D eigenvalue weighted by Crippen LogP contribution is 2.09. The van der Waals surface area contributed by atoms with Crippen LogP contribution >= 0.6 is 24.8 Å². The number of hydrogen-bond donors (Lipinski definition) is 5. The van der Waals surface area contributed by atoms with E-state index in [1.54, 1.807) is 12.3 Å². The van der Waals surface area contributed by atoms with E-state index in [4.69, 9.17) is 27.8 Å². The fourth-order valence-corrected chi connectivity index (χ4v) is 2.18. The van der Waals surface area contributed by atoms with E-state index in [1.807, 2.05) is 0 Å². The van der Waals surface area contributed by atoms with Crippen LogP contribution in [0.1, 0.15) is 12.8 Å². The van der Waals surface area contributed by atoms with Crippen molar-refractivity contribution < 1.29 is 29.0 Å². The van der Waals surface area contributed by atoms with Crippen molar-refractivity contribution in [3.8, 4) is 5.75 Å².